The lowest BCUT2D eigenvalue weighted by atomic mass is 10.0. The Bertz CT molecular complexity index is 602. The van der Waals surface area contributed by atoms with Gasteiger partial charge >= 0.3 is 0 Å². The highest BCUT2D eigenvalue weighted by Gasteiger charge is 2.12. The van der Waals surface area contributed by atoms with E-state index in [1.54, 1.807) is 0 Å². The summed E-state index contributed by atoms with van der Waals surface area (Å²) in [4.78, 5) is 0. The zero-order chi connectivity index (χ0) is 41.8. The lowest BCUT2D eigenvalue weighted by Crippen LogP contribution is -1.95. The molecule has 0 radical (unpaired) electrons. The second-order valence-corrected chi connectivity index (χ2v) is 21.9. The van der Waals surface area contributed by atoms with E-state index < -0.39 is 7.58 Å². The van der Waals surface area contributed by atoms with Crippen LogP contribution in [0.15, 0.2) is 0 Å². The highest BCUT2D eigenvalue weighted by atomic mass is 32.7. The molecule has 2 nitrogen and oxygen atoms in total. The van der Waals surface area contributed by atoms with E-state index in [9.17, 15) is 0 Å². The average Bonchev–Trinajstić information content (AvgIpc) is 3.23. The molecule has 0 spiro atoms. The Morgan fingerprint density at radius 2 is 0.397 bits per heavy atom. The summed E-state index contributed by atoms with van der Waals surface area (Å²) in [5.41, 5.74) is 0. The van der Waals surface area contributed by atoms with Crippen molar-refractivity contribution in [3.05, 3.63) is 0 Å². The fourth-order valence-corrected chi connectivity index (χ4v) is 11.5. The molecule has 0 aliphatic rings. The van der Waals surface area contributed by atoms with Crippen LogP contribution in [0.25, 0.3) is 0 Å². The Labute approximate surface area is 374 Å². The molecule has 0 atom stereocenters. The fourth-order valence-electron chi connectivity index (χ4n) is 8.48. The molecule has 0 unspecified atom stereocenters. The molecule has 0 aromatic carbocycles. The van der Waals surface area contributed by atoms with Gasteiger partial charge in [0.1, 0.15) is 0 Å². The Balaban J connectivity index is 3.95. The molecule has 0 bridgehead atoms. The largest absolute Gasteiger partial charge is 0.326 e. The van der Waals surface area contributed by atoms with Gasteiger partial charge in [-0.2, -0.15) is 0 Å². The van der Waals surface area contributed by atoms with Gasteiger partial charge in [-0.05, 0) is 19.3 Å². The van der Waals surface area contributed by atoms with E-state index in [0.717, 1.165) is 13.2 Å². The molecule has 0 saturated heterocycles. The fraction of sp³-hybridized carbons (Fsp3) is 1.00. The quantitative estimate of drug-likeness (QED) is 0.0449. The first-order valence-electron chi connectivity index (χ1n) is 27.5. The minimum absolute atomic E-state index is 0.775. The molecule has 0 heterocycles. The third-order valence-electron chi connectivity index (χ3n) is 12.6. The van der Waals surface area contributed by atoms with Gasteiger partial charge in [0, 0.05) is 5.75 Å². The van der Waals surface area contributed by atoms with Crippen LogP contribution in [-0.2, 0) is 9.05 Å². The molecule has 0 amide bonds. The van der Waals surface area contributed by atoms with E-state index in [0.29, 0.717) is 0 Å². The summed E-state index contributed by atoms with van der Waals surface area (Å²) in [7, 11) is -0.775. The topological polar surface area (TPSA) is 18.5 Å². The summed E-state index contributed by atoms with van der Waals surface area (Å²) < 4.78 is 12.8. The van der Waals surface area contributed by atoms with Crippen LogP contribution < -0.4 is 0 Å². The van der Waals surface area contributed by atoms with Crippen molar-refractivity contribution < 1.29 is 9.05 Å². The van der Waals surface area contributed by atoms with Crippen LogP contribution in [0.5, 0.6) is 0 Å². The van der Waals surface area contributed by atoms with Gasteiger partial charge < -0.3 is 9.05 Å². The number of hydrogen-bond donors (Lipinski definition) is 0. The summed E-state index contributed by atoms with van der Waals surface area (Å²) in [6.45, 7) is 8.73. The highest BCUT2D eigenvalue weighted by Crippen LogP contribution is 2.52. The zero-order valence-electron chi connectivity index (χ0n) is 40.7. The maximum Gasteiger partial charge on any atom is 0.238 e. The van der Waals surface area contributed by atoms with E-state index in [-0.39, 0.29) is 0 Å². The maximum absolute atomic E-state index is 6.42. The molecule has 0 aromatic heterocycles. The van der Waals surface area contributed by atoms with Gasteiger partial charge in [0.05, 0.1) is 13.2 Å². The van der Waals surface area contributed by atoms with Crippen molar-refractivity contribution in [2.75, 3.05) is 19.0 Å². The van der Waals surface area contributed by atoms with Gasteiger partial charge in [-0.15, -0.1) is 0 Å². The predicted octanol–water partition coefficient (Wildman–Crippen LogP) is 21.8. The van der Waals surface area contributed by atoms with Crippen molar-refractivity contribution >= 4 is 19.0 Å². The van der Waals surface area contributed by atoms with Crippen LogP contribution in [0.3, 0.4) is 0 Å². The molecule has 4 heteroatoms. The summed E-state index contributed by atoms with van der Waals surface area (Å²) in [5, 5.41) is 0. The summed E-state index contributed by atoms with van der Waals surface area (Å²) in [6, 6.07) is 0. The third-order valence-corrected chi connectivity index (χ3v) is 15.9. The summed E-state index contributed by atoms with van der Waals surface area (Å²) in [6.07, 6.45) is 68.4. The lowest BCUT2D eigenvalue weighted by Gasteiger charge is -2.17. The van der Waals surface area contributed by atoms with Gasteiger partial charge in [-0.3, -0.25) is 0 Å². The van der Waals surface area contributed by atoms with Crippen LogP contribution >= 0.6 is 19.0 Å². The number of rotatable bonds is 54. The Kier molecular flexibility index (Phi) is 56.4. The summed E-state index contributed by atoms with van der Waals surface area (Å²) >= 11 is 2.01. The molecule has 58 heavy (non-hydrogen) atoms. The molecule has 0 N–H and O–H groups in total. The first-order valence-corrected chi connectivity index (χ1v) is 30.3. The zero-order valence-corrected chi connectivity index (χ0v) is 42.4. The van der Waals surface area contributed by atoms with Gasteiger partial charge in [0.2, 0.25) is 7.58 Å². The first-order chi connectivity index (χ1) is 28.8. The Morgan fingerprint density at radius 1 is 0.224 bits per heavy atom. The Morgan fingerprint density at radius 3 is 0.603 bits per heavy atom. The predicted molar refractivity (Wildman–Crippen MR) is 270 cm³/mol. The van der Waals surface area contributed by atoms with Crippen LogP contribution in [0.4, 0.5) is 0 Å². The van der Waals surface area contributed by atoms with E-state index in [1.165, 1.54) is 314 Å². The standard InChI is InChI=1S/C54H111O2PS/c1-4-7-10-13-16-19-22-25-28-31-34-37-40-43-46-49-52-55-57(56-53-50-47-44-41-38-35-32-29-26-23-20-17-14-11-8-5-2)58-54-51-48-45-42-39-36-33-30-27-24-21-18-15-12-9-6-3/h4-54H2,1-3H3. The molecule has 350 valence electrons. The van der Waals surface area contributed by atoms with Crippen molar-refractivity contribution in [1.82, 2.24) is 0 Å². The third kappa shape index (κ3) is 52.8. The van der Waals surface area contributed by atoms with E-state index in [4.69, 9.17) is 9.05 Å². The number of unbranched alkanes of at least 4 members (excludes halogenated alkanes) is 45. The minimum Gasteiger partial charge on any atom is -0.326 e. The molecule has 0 aliphatic carbocycles. The second-order valence-electron chi connectivity index (χ2n) is 18.6. The minimum atomic E-state index is -0.775. The average molecular weight is 856 g/mol. The molecular formula is C54H111O2PS. The van der Waals surface area contributed by atoms with Crippen molar-refractivity contribution in [3.8, 4) is 0 Å². The monoisotopic (exact) mass is 855 g/mol. The van der Waals surface area contributed by atoms with Gasteiger partial charge in [-0.1, -0.05) is 321 Å². The number of hydrogen-bond acceptors (Lipinski definition) is 3. The molecule has 0 rings (SSSR count). The van der Waals surface area contributed by atoms with Gasteiger partial charge in [0.25, 0.3) is 0 Å². The van der Waals surface area contributed by atoms with Crippen LogP contribution in [0.1, 0.15) is 329 Å². The molecule has 0 aliphatic heterocycles. The van der Waals surface area contributed by atoms with E-state index in [1.807, 2.05) is 11.4 Å². The van der Waals surface area contributed by atoms with Crippen LogP contribution in [-0.4, -0.2) is 19.0 Å². The smallest absolute Gasteiger partial charge is 0.238 e. The molecule has 0 fully saturated rings. The van der Waals surface area contributed by atoms with Crippen LogP contribution in [0, 0.1) is 0 Å². The molecular weight excluding hydrogens is 744 g/mol. The second kappa shape index (κ2) is 55.7. The normalized spacial score (nSPS) is 11.8. The first kappa shape index (κ1) is 58.7. The van der Waals surface area contributed by atoms with Crippen molar-refractivity contribution in [1.29, 1.82) is 0 Å². The van der Waals surface area contributed by atoms with Gasteiger partial charge in [-0.25, -0.2) is 0 Å². The lowest BCUT2D eigenvalue weighted by molar-refractivity contribution is 0.251. The van der Waals surface area contributed by atoms with Crippen molar-refractivity contribution in [2.45, 2.75) is 329 Å². The van der Waals surface area contributed by atoms with E-state index in [2.05, 4.69) is 20.8 Å². The van der Waals surface area contributed by atoms with E-state index >= 15 is 0 Å². The SMILES string of the molecule is CCCCCCCCCCCCCCCCCCOP(OCCCCCCCCCCCCCCCCCC)SCCCCCCCCCCCCCCCCCC. The van der Waals surface area contributed by atoms with Gasteiger partial charge in [0.15, 0.2) is 0 Å². The van der Waals surface area contributed by atoms with Crippen molar-refractivity contribution in [3.63, 3.8) is 0 Å². The summed E-state index contributed by atoms with van der Waals surface area (Å²) in [5.74, 6) is 1.21. The van der Waals surface area contributed by atoms with Crippen LogP contribution in [0.2, 0.25) is 0 Å². The molecule has 0 aromatic rings. The van der Waals surface area contributed by atoms with Crippen molar-refractivity contribution in [2.24, 2.45) is 0 Å². The Hall–Kier alpha value is 0.700. The highest BCUT2D eigenvalue weighted by molar-refractivity contribution is 8.52. The molecule has 0 saturated carbocycles. The maximum atomic E-state index is 6.42.